The number of nitrogens with one attached hydrogen (secondary N) is 1. The Morgan fingerprint density at radius 1 is 0.828 bits per heavy atom. The van der Waals surface area contributed by atoms with Gasteiger partial charge in [-0.15, -0.1) is 0 Å². The summed E-state index contributed by atoms with van der Waals surface area (Å²) in [6.45, 7) is 15.5. The molecule has 1 saturated heterocycles. The van der Waals surface area contributed by atoms with Crippen LogP contribution in [0.15, 0.2) is 30.3 Å². The van der Waals surface area contributed by atoms with Gasteiger partial charge >= 0.3 is 6.09 Å². The molecule has 1 amide bonds. The topological polar surface area (TPSA) is 38.3 Å². The lowest BCUT2D eigenvalue weighted by Gasteiger charge is -2.39. The molecule has 0 aromatic heterocycles. The number of rotatable bonds is 13. The number of cyclic esters (lactones) is 1. The van der Waals surface area contributed by atoms with Gasteiger partial charge in [0.1, 0.15) is 6.61 Å². The zero-order valence-electron chi connectivity index (χ0n) is 19.4. The van der Waals surface area contributed by atoms with Gasteiger partial charge in [0, 0.05) is 0 Å². The quantitative estimate of drug-likeness (QED) is 0.382. The second-order valence-corrected chi connectivity index (χ2v) is 8.36. The van der Waals surface area contributed by atoms with E-state index < -0.39 is 0 Å². The molecular weight excluding hydrogens is 360 g/mol. The van der Waals surface area contributed by atoms with E-state index in [4.69, 9.17) is 4.74 Å². The van der Waals surface area contributed by atoms with Crippen LogP contribution in [0.1, 0.15) is 90.7 Å². The van der Waals surface area contributed by atoms with Gasteiger partial charge in [-0.1, -0.05) is 83.7 Å². The Hall–Kier alpha value is -1.55. The number of benzene rings is 1. The molecule has 1 fully saturated rings. The van der Waals surface area contributed by atoms with Crippen LogP contribution in [0.2, 0.25) is 0 Å². The zero-order valence-corrected chi connectivity index (χ0v) is 19.4. The van der Waals surface area contributed by atoms with Crippen LogP contribution < -0.4 is 5.32 Å². The summed E-state index contributed by atoms with van der Waals surface area (Å²) in [5.41, 5.74) is 1.09. The monoisotopic (exact) mass is 405 g/mol. The van der Waals surface area contributed by atoms with E-state index in [9.17, 15) is 4.79 Å². The van der Waals surface area contributed by atoms with E-state index >= 15 is 0 Å². The fraction of sp³-hybridized carbons (Fsp3) is 0.720. The van der Waals surface area contributed by atoms with E-state index in [-0.39, 0.29) is 12.1 Å². The van der Waals surface area contributed by atoms with E-state index in [1.165, 1.54) is 82.0 Å². The maximum Gasteiger partial charge on any atom is 0.407 e. The Balaban J connectivity index is 0.000000304. The first-order chi connectivity index (χ1) is 14.1. The van der Waals surface area contributed by atoms with Gasteiger partial charge in [0.15, 0.2) is 0 Å². The maximum absolute atomic E-state index is 10.7. The first kappa shape index (κ1) is 25.5. The van der Waals surface area contributed by atoms with E-state index in [1.807, 2.05) is 30.3 Å². The van der Waals surface area contributed by atoms with Crippen molar-refractivity contribution >= 4 is 6.09 Å². The van der Waals surface area contributed by atoms with Crippen LogP contribution in [0.4, 0.5) is 4.79 Å². The first-order valence-electron chi connectivity index (χ1n) is 11.9. The molecule has 0 bridgehead atoms. The van der Waals surface area contributed by atoms with Gasteiger partial charge in [-0.2, -0.15) is 0 Å². The number of unbranched alkanes of at least 4 members (excludes halogenated alkanes) is 4. The number of ether oxygens (including phenoxy) is 1. The van der Waals surface area contributed by atoms with Gasteiger partial charge < -0.3 is 14.5 Å². The van der Waals surface area contributed by atoms with Crippen LogP contribution in [0.3, 0.4) is 0 Å². The highest BCUT2D eigenvalue weighted by atomic mass is 16.6. The summed E-state index contributed by atoms with van der Waals surface area (Å²) in [6.07, 6.45) is 10.7. The van der Waals surface area contributed by atoms with Crippen molar-refractivity contribution in [2.75, 3.05) is 32.8 Å². The fourth-order valence-electron chi connectivity index (χ4n) is 3.89. The molecule has 0 spiro atoms. The molecular formula is C25H45N2O2+. The number of quaternary nitrogens is 1. The predicted octanol–water partition coefficient (Wildman–Crippen LogP) is 6.47. The minimum Gasteiger partial charge on any atom is -0.447 e. The molecule has 2 rings (SSSR count). The second-order valence-electron chi connectivity index (χ2n) is 8.36. The number of hydrogen-bond donors (Lipinski definition) is 1. The normalized spacial score (nSPS) is 16.0. The third-order valence-electron chi connectivity index (χ3n) is 5.82. The molecule has 4 nitrogen and oxygen atoms in total. The summed E-state index contributed by atoms with van der Waals surface area (Å²) in [7, 11) is 0. The van der Waals surface area contributed by atoms with Crippen molar-refractivity contribution in [2.24, 2.45) is 0 Å². The van der Waals surface area contributed by atoms with Crippen molar-refractivity contribution < 1.29 is 14.0 Å². The molecule has 1 heterocycles. The van der Waals surface area contributed by atoms with Gasteiger partial charge in [-0.05, 0) is 31.2 Å². The summed E-state index contributed by atoms with van der Waals surface area (Å²) < 4.78 is 6.19. The molecule has 1 aromatic carbocycles. The van der Waals surface area contributed by atoms with Gasteiger partial charge in [0.25, 0.3) is 0 Å². The summed E-state index contributed by atoms with van der Waals surface area (Å²) >= 11 is 0. The predicted molar refractivity (Wildman–Crippen MR) is 123 cm³/mol. The van der Waals surface area contributed by atoms with E-state index in [2.05, 4.69) is 33.0 Å². The number of amides is 1. The van der Waals surface area contributed by atoms with Crippen LogP contribution in [0.5, 0.6) is 0 Å². The summed E-state index contributed by atoms with van der Waals surface area (Å²) in [5, 5.41) is 2.71. The molecule has 0 unspecified atom stereocenters. The lowest BCUT2D eigenvalue weighted by molar-refractivity contribution is -0.929. The van der Waals surface area contributed by atoms with E-state index in [1.54, 1.807) is 0 Å². The highest BCUT2D eigenvalue weighted by Gasteiger charge is 2.25. The minimum atomic E-state index is -0.330. The van der Waals surface area contributed by atoms with Crippen LogP contribution in [-0.4, -0.2) is 43.4 Å². The lowest BCUT2D eigenvalue weighted by Crippen LogP contribution is -2.50. The van der Waals surface area contributed by atoms with Crippen molar-refractivity contribution in [3.05, 3.63) is 35.9 Å². The first-order valence-corrected chi connectivity index (χ1v) is 11.9. The number of carbonyl (C=O) groups is 1. The zero-order chi connectivity index (χ0) is 21.4. The SMILES string of the molecule is CCCC[N+](CCCC)(CCCC)CCCC.O=C1N[C@@H](c2ccccc2)CO1. The Labute approximate surface area is 179 Å². The number of hydrogen-bond acceptors (Lipinski definition) is 2. The van der Waals surface area contributed by atoms with Crippen molar-refractivity contribution in [1.29, 1.82) is 0 Å². The standard InChI is InChI=1S/C16H36N.C9H9NO2/c1-5-9-13-17(14-10-6-2,15-11-7-3)16-12-8-4;11-9-10-8(6-12-9)7-4-2-1-3-5-7/h5-16H2,1-4H3;1-5,8H,6H2,(H,10,11)/q+1;/t;8-/m.1/s1. The second kappa shape index (κ2) is 15.3. The van der Waals surface area contributed by atoms with Gasteiger partial charge in [-0.25, -0.2) is 4.79 Å². The third-order valence-corrected chi connectivity index (χ3v) is 5.82. The Kier molecular flexibility index (Phi) is 13.5. The Morgan fingerprint density at radius 2 is 1.28 bits per heavy atom. The third kappa shape index (κ3) is 10.2. The minimum absolute atomic E-state index is 0.0266. The number of carbonyl (C=O) groups excluding carboxylic acids is 1. The van der Waals surface area contributed by atoms with Crippen molar-refractivity contribution in [3.63, 3.8) is 0 Å². The van der Waals surface area contributed by atoms with Crippen LogP contribution in [0, 0.1) is 0 Å². The molecule has 0 saturated carbocycles. The van der Waals surface area contributed by atoms with Crippen LogP contribution >= 0.6 is 0 Å². The average molecular weight is 406 g/mol. The average Bonchev–Trinajstić information content (AvgIpc) is 3.20. The molecule has 0 aliphatic carbocycles. The molecule has 166 valence electrons. The molecule has 1 aromatic rings. The van der Waals surface area contributed by atoms with Gasteiger partial charge in [-0.3, -0.25) is 0 Å². The largest absolute Gasteiger partial charge is 0.447 e. The molecule has 29 heavy (non-hydrogen) atoms. The molecule has 1 aliphatic rings. The summed E-state index contributed by atoms with van der Waals surface area (Å²) in [6, 6.07) is 9.80. The van der Waals surface area contributed by atoms with E-state index in [0.717, 1.165) is 5.56 Å². The smallest absolute Gasteiger partial charge is 0.407 e. The number of alkyl carbamates (subject to hydrolysis) is 1. The molecule has 1 N–H and O–H groups in total. The Morgan fingerprint density at radius 3 is 1.62 bits per heavy atom. The van der Waals surface area contributed by atoms with Crippen LogP contribution in [-0.2, 0) is 4.74 Å². The van der Waals surface area contributed by atoms with Gasteiger partial charge in [0.05, 0.1) is 32.2 Å². The number of nitrogens with zero attached hydrogens (tertiary/aromatic N) is 1. The fourth-order valence-corrected chi connectivity index (χ4v) is 3.89. The van der Waals surface area contributed by atoms with Crippen molar-refractivity contribution in [3.8, 4) is 0 Å². The molecule has 1 atom stereocenters. The van der Waals surface area contributed by atoms with Crippen molar-refractivity contribution in [1.82, 2.24) is 5.32 Å². The highest BCUT2D eigenvalue weighted by molar-refractivity contribution is 5.70. The van der Waals surface area contributed by atoms with Gasteiger partial charge in [0.2, 0.25) is 0 Å². The maximum atomic E-state index is 10.7. The molecule has 4 heteroatoms. The highest BCUT2D eigenvalue weighted by Crippen LogP contribution is 2.17. The van der Waals surface area contributed by atoms with E-state index in [0.29, 0.717) is 6.61 Å². The summed E-state index contributed by atoms with van der Waals surface area (Å²) in [4.78, 5) is 10.7. The van der Waals surface area contributed by atoms with Crippen LogP contribution in [0.25, 0.3) is 0 Å². The Bertz CT molecular complexity index is 495. The summed E-state index contributed by atoms with van der Waals surface area (Å²) in [5.74, 6) is 0. The van der Waals surface area contributed by atoms with Crippen molar-refractivity contribution in [2.45, 2.75) is 85.1 Å². The lowest BCUT2D eigenvalue weighted by atomic mass is 10.1. The molecule has 1 aliphatic heterocycles. The molecule has 0 radical (unpaired) electrons.